The highest BCUT2D eigenvalue weighted by atomic mass is 32.2. The largest absolute Gasteiger partial charge is 0.392 e. The lowest BCUT2D eigenvalue weighted by atomic mass is 10.1. The van der Waals surface area contributed by atoms with Gasteiger partial charge in [0.1, 0.15) is 0 Å². The average Bonchev–Trinajstić information content (AvgIpc) is 2.65. The number of hydrogen-bond acceptors (Lipinski definition) is 4. The van der Waals surface area contributed by atoms with Crippen molar-refractivity contribution < 1.29 is 5.11 Å². The van der Waals surface area contributed by atoms with Crippen molar-refractivity contribution >= 4 is 23.5 Å². The van der Waals surface area contributed by atoms with Gasteiger partial charge in [-0.05, 0) is 6.07 Å². The molecule has 5 heteroatoms. The number of aliphatic hydroxyl groups excluding tert-OH is 1. The molecule has 1 aromatic heterocycles. The molecule has 2 rings (SSSR count). The van der Waals surface area contributed by atoms with E-state index in [0.717, 1.165) is 17.2 Å². The van der Waals surface area contributed by atoms with Gasteiger partial charge in [-0.1, -0.05) is 0 Å². The zero-order valence-electron chi connectivity index (χ0n) is 8.80. The average molecular weight is 244 g/mol. The van der Waals surface area contributed by atoms with Gasteiger partial charge in [-0.3, -0.25) is 4.68 Å². The van der Waals surface area contributed by atoms with Crippen LogP contribution in [0, 0.1) is 0 Å². The van der Waals surface area contributed by atoms with Gasteiger partial charge < -0.3 is 5.11 Å². The summed E-state index contributed by atoms with van der Waals surface area (Å²) in [5.74, 6) is 3.45. The van der Waals surface area contributed by atoms with Crippen molar-refractivity contribution in [3.05, 3.63) is 18.0 Å². The highest BCUT2D eigenvalue weighted by Crippen LogP contribution is 2.27. The van der Waals surface area contributed by atoms with Crippen LogP contribution in [0.3, 0.4) is 0 Å². The van der Waals surface area contributed by atoms with Crippen LogP contribution in [0.4, 0.5) is 0 Å². The van der Waals surface area contributed by atoms with Gasteiger partial charge in [-0.25, -0.2) is 0 Å². The molecular weight excluding hydrogens is 228 g/mol. The van der Waals surface area contributed by atoms with Crippen molar-refractivity contribution in [2.75, 3.05) is 17.3 Å². The quantitative estimate of drug-likeness (QED) is 0.866. The molecule has 2 heterocycles. The number of aromatic nitrogens is 2. The lowest BCUT2D eigenvalue weighted by molar-refractivity contribution is 0.176. The van der Waals surface area contributed by atoms with Gasteiger partial charge in [0.05, 0.1) is 11.8 Å². The van der Waals surface area contributed by atoms with Gasteiger partial charge in [-0.2, -0.15) is 28.6 Å². The Balaban J connectivity index is 1.88. The Labute approximate surface area is 98.6 Å². The number of hydrogen-bond donors (Lipinski definition) is 1. The molecule has 1 saturated heterocycles. The van der Waals surface area contributed by atoms with Crippen LogP contribution in [0.25, 0.3) is 0 Å². The van der Waals surface area contributed by atoms with E-state index in [9.17, 15) is 5.11 Å². The number of aliphatic hydroxyl groups is 1. The minimum Gasteiger partial charge on any atom is -0.392 e. The zero-order chi connectivity index (χ0) is 10.7. The monoisotopic (exact) mass is 244 g/mol. The second-order valence-electron chi connectivity index (χ2n) is 3.74. The summed E-state index contributed by atoms with van der Waals surface area (Å²) in [5, 5.41) is 14.7. The van der Waals surface area contributed by atoms with Gasteiger partial charge in [0.2, 0.25) is 0 Å². The Morgan fingerprint density at radius 1 is 1.67 bits per heavy atom. The van der Waals surface area contributed by atoms with Gasteiger partial charge in [-0.15, -0.1) is 0 Å². The van der Waals surface area contributed by atoms with Gasteiger partial charge in [0.25, 0.3) is 0 Å². The lowest BCUT2D eigenvalue weighted by Crippen LogP contribution is -2.30. The molecule has 1 aliphatic heterocycles. The van der Waals surface area contributed by atoms with E-state index in [4.69, 9.17) is 0 Å². The molecule has 1 fully saturated rings. The zero-order valence-corrected chi connectivity index (χ0v) is 10.4. The number of aryl methyl sites for hydroxylation is 1. The maximum Gasteiger partial charge on any atom is 0.0722 e. The summed E-state index contributed by atoms with van der Waals surface area (Å²) in [6.07, 6.45) is 2.35. The van der Waals surface area contributed by atoms with Crippen molar-refractivity contribution in [1.82, 2.24) is 9.78 Å². The summed E-state index contributed by atoms with van der Waals surface area (Å²) in [4.78, 5) is 0. The lowest BCUT2D eigenvalue weighted by Gasteiger charge is -2.25. The van der Waals surface area contributed by atoms with E-state index < -0.39 is 0 Å². The normalized spacial score (nSPS) is 24.0. The maximum atomic E-state index is 10.1. The van der Waals surface area contributed by atoms with Crippen LogP contribution in [-0.2, 0) is 13.5 Å². The predicted octanol–water partition coefficient (Wildman–Crippen LogP) is 1.17. The first-order valence-electron chi connectivity index (χ1n) is 5.11. The fourth-order valence-electron chi connectivity index (χ4n) is 1.65. The summed E-state index contributed by atoms with van der Waals surface area (Å²) < 4.78 is 1.78. The van der Waals surface area contributed by atoms with Crippen LogP contribution in [0.15, 0.2) is 12.3 Å². The van der Waals surface area contributed by atoms with E-state index in [1.165, 1.54) is 5.75 Å². The van der Waals surface area contributed by atoms with E-state index in [1.54, 1.807) is 4.68 Å². The van der Waals surface area contributed by atoms with Crippen molar-refractivity contribution in [2.24, 2.45) is 7.05 Å². The first kappa shape index (κ1) is 11.4. The van der Waals surface area contributed by atoms with Crippen molar-refractivity contribution in [2.45, 2.75) is 17.8 Å². The minimum absolute atomic E-state index is 0.252. The third-order valence-electron chi connectivity index (χ3n) is 2.46. The summed E-state index contributed by atoms with van der Waals surface area (Å²) in [6.45, 7) is 0. The fraction of sp³-hybridized carbons (Fsp3) is 0.700. The number of thioether (sulfide) groups is 2. The summed E-state index contributed by atoms with van der Waals surface area (Å²) in [7, 11) is 1.90. The van der Waals surface area contributed by atoms with Gasteiger partial charge in [0.15, 0.2) is 0 Å². The van der Waals surface area contributed by atoms with Crippen molar-refractivity contribution in [1.29, 1.82) is 0 Å². The standard InChI is InChI=1S/C10H16N2OS2/c1-12-3-2-8(11-12)6-9(13)10-7-14-4-5-15-10/h2-3,9-10,13H,4-7H2,1H3. The molecule has 0 bridgehead atoms. The topological polar surface area (TPSA) is 38.0 Å². The second kappa shape index (κ2) is 5.27. The molecule has 2 unspecified atom stereocenters. The first-order valence-corrected chi connectivity index (χ1v) is 7.32. The maximum absolute atomic E-state index is 10.1. The van der Waals surface area contributed by atoms with Crippen molar-refractivity contribution in [3.8, 4) is 0 Å². The fourth-order valence-corrected chi connectivity index (χ4v) is 4.42. The Kier molecular flexibility index (Phi) is 3.99. The van der Waals surface area contributed by atoms with E-state index in [1.807, 2.05) is 42.8 Å². The molecule has 1 aliphatic rings. The third kappa shape index (κ3) is 3.16. The van der Waals surface area contributed by atoms with E-state index in [0.29, 0.717) is 11.7 Å². The van der Waals surface area contributed by atoms with E-state index in [2.05, 4.69) is 5.10 Å². The molecule has 1 aromatic rings. The molecule has 0 radical (unpaired) electrons. The summed E-state index contributed by atoms with van der Waals surface area (Å²) in [5.41, 5.74) is 0.987. The predicted molar refractivity (Wildman–Crippen MR) is 66.5 cm³/mol. The van der Waals surface area contributed by atoms with E-state index >= 15 is 0 Å². The molecule has 1 N–H and O–H groups in total. The molecule has 0 saturated carbocycles. The first-order chi connectivity index (χ1) is 7.25. The molecule has 84 valence electrons. The molecule has 0 aliphatic carbocycles. The molecule has 3 nitrogen and oxygen atoms in total. The Morgan fingerprint density at radius 3 is 3.13 bits per heavy atom. The summed E-state index contributed by atoms with van der Waals surface area (Å²) >= 11 is 3.83. The van der Waals surface area contributed by atoms with Crippen LogP contribution in [-0.4, -0.2) is 43.5 Å². The molecular formula is C10H16N2OS2. The summed E-state index contributed by atoms with van der Waals surface area (Å²) in [6, 6.07) is 1.98. The van der Waals surface area contributed by atoms with E-state index in [-0.39, 0.29) is 6.10 Å². The highest BCUT2D eigenvalue weighted by molar-refractivity contribution is 8.06. The molecule has 0 spiro atoms. The Hall–Kier alpha value is -0.130. The third-order valence-corrected chi connectivity index (χ3v) is 5.36. The minimum atomic E-state index is -0.252. The van der Waals surface area contributed by atoms with Crippen LogP contribution in [0.1, 0.15) is 5.69 Å². The molecule has 2 atom stereocenters. The van der Waals surface area contributed by atoms with Crippen LogP contribution in [0.5, 0.6) is 0 Å². The number of rotatable bonds is 3. The van der Waals surface area contributed by atoms with Gasteiger partial charge in [0, 0.05) is 42.2 Å². The Morgan fingerprint density at radius 2 is 2.53 bits per heavy atom. The highest BCUT2D eigenvalue weighted by Gasteiger charge is 2.23. The molecule has 0 amide bonds. The van der Waals surface area contributed by atoms with Crippen LogP contribution >= 0.6 is 23.5 Å². The molecule has 0 aromatic carbocycles. The van der Waals surface area contributed by atoms with Gasteiger partial charge >= 0.3 is 0 Å². The van der Waals surface area contributed by atoms with Crippen LogP contribution in [0.2, 0.25) is 0 Å². The Bertz CT molecular complexity index is 310. The second-order valence-corrected chi connectivity index (χ2v) is 6.23. The molecule has 15 heavy (non-hydrogen) atoms. The smallest absolute Gasteiger partial charge is 0.0722 e. The number of nitrogens with zero attached hydrogens (tertiary/aromatic N) is 2. The SMILES string of the molecule is Cn1ccc(CC(O)C2CSCCS2)n1. The van der Waals surface area contributed by atoms with Crippen LogP contribution < -0.4 is 0 Å². The van der Waals surface area contributed by atoms with Crippen molar-refractivity contribution in [3.63, 3.8) is 0 Å².